The van der Waals surface area contributed by atoms with Gasteiger partial charge in [-0.05, 0) is 30.7 Å². The van der Waals surface area contributed by atoms with Crippen molar-refractivity contribution in [3.63, 3.8) is 0 Å². The third kappa shape index (κ3) is 1.97. The number of hydrogen-bond donors (Lipinski definition) is 0. The number of aryl methyl sites for hydroxylation is 1. The Bertz CT molecular complexity index is 743. The van der Waals surface area contributed by atoms with Crippen LogP contribution in [0.15, 0.2) is 36.5 Å². The molecule has 5 nitrogen and oxygen atoms in total. The van der Waals surface area contributed by atoms with E-state index < -0.39 is 0 Å². The summed E-state index contributed by atoms with van der Waals surface area (Å²) >= 11 is 0. The normalized spacial score (nSPS) is 10.8. The van der Waals surface area contributed by atoms with E-state index in [0.29, 0.717) is 17.3 Å². The van der Waals surface area contributed by atoms with E-state index in [1.165, 1.54) is 0 Å². The summed E-state index contributed by atoms with van der Waals surface area (Å²) in [7, 11) is 3.25. The maximum atomic E-state index is 5.39. The Kier molecular flexibility index (Phi) is 3.02. The molecule has 1 aromatic carbocycles. The number of methoxy groups -OCH3 is 2. The Morgan fingerprint density at radius 2 is 1.70 bits per heavy atom. The maximum Gasteiger partial charge on any atom is 0.189 e. The summed E-state index contributed by atoms with van der Waals surface area (Å²) in [5.74, 6) is 1.97. The molecule has 0 aliphatic rings. The highest BCUT2D eigenvalue weighted by Crippen LogP contribution is 2.36. The van der Waals surface area contributed by atoms with E-state index in [9.17, 15) is 0 Å². The number of ether oxygens (including phenoxy) is 2. The van der Waals surface area contributed by atoms with Gasteiger partial charge in [-0.2, -0.15) is 0 Å². The number of rotatable bonds is 3. The van der Waals surface area contributed by atoms with Gasteiger partial charge in [-0.15, -0.1) is 5.10 Å². The number of aromatic nitrogens is 3. The lowest BCUT2D eigenvalue weighted by molar-refractivity contribution is 0.397. The molecule has 2 aromatic heterocycles. The fourth-order valence-corrected chi connectivity index (χ4v) is 2.16. The molecule has 0 spiro atoms. The molecule has 5 heteroatoms. The van der Waals surface area contributed by atoms with Crippen LogP contribution in [-0.4, -0.2) is 28.8 Å². The molecule has 0 aliphatic carbocycles. The second-order valence-electron chi connectivity index (χ2n) is 4.48. The Morgan fingerprint density at radius 3 is 2.35 bits per heavy atom. The first-order valence-electron chi connectivity index (χ1n) is 6.27. The zero-order valence-electron chi connectivity index (χ0n) is 11.6. The molecule has 0 amide bonds. The van der Waals surface area contributed by atoms with Crippen molar-refractivity contribution in [3.05, 3.63) is 42.1 Å². The molecule has 0 bridgehead atoms. The zero-order valence-corrected chi connectivity index (χ0v) is 11.6. The monoisotopic (exact) mass is 269 g/mol. The van der Waals surface area contributed by atoms with E-state index in [4.69, 9.17) is 9.47 Å². The molecule has 0 saturated carbocycles. The molecular weight excluding hydrogens is 254 g/mol. The Hall–Kier alpha value is -2.56. The van der Waals surface area contributed by atoms with Gasteiger partial charge in [0, 0.05) is 6.20 Å². The predicted octanol–water partition coefficient (Wildman–Crippen LogP) is 2.72. The Labute approximate surface area is 116 Å². The third-order valence-electron chi connectivity index (χ3n) is 3.13. The van der Waals surface area contributed by atoms with Crippen LogP contribution in [0.3, 0.4) is 0 Å². The van der Waals surface area contributed by atoms with E-state index in [1.807, 2.05) is 43.5 Å². The van der Waals surface area contributed by atoms with E-state index in [-0.39, 0.29) is 0 Å². The molecule has 0 atom stereocenters. The van der Waals surface area contributed by atoms with Gasteiger partial charge in [0.2, 0.25) is 0 Å². The molecule has 102 valence electrons. The minimum Gasteiger partial charge on any atom is -0.496 e. The van der Waals surface area contributed by atoms with Crippen LogP contribution in [0.4, 0.5) is 0 Å². The maximum absolute atomic E-state index is 5.39. The van der Waals surface area contributed by atoms with E-state index >= 15 is 0 Å². The van der Waals surface area contributed by atoms with E-state index in [1.54, 1.807) is 18.7 Å². The SMILES string of the molecule is COc1cccc(OC)c1-c1nc2ccc(C)cn2n1. The van der Waals surface area contributed by atoms with Gasteiger partial charge in [0.25, 0.3) is 0 Å². The van der Waals surface area contributed by atoms with Gasteiger partial charge in [0.15, 0.2) is 11.5 Å². The average Bonchev–Trinajstić information content (AvgIpc) is 2.88. The topological polar surface area (TPSA) is 48.7 Å². The first-order valence-corrected chi connectivity index (χ1v) is 6.27. The summed E-state index contributed by atoms with van der Waals surface area (Å²) < 4.78 is 12.5. The molecular formula is C15H15N3O2. The number of pyridine rings is 1. The Balaban J connectivity index is 2.24. The quantitative estimate of drug-likeness (QED) is 0.733. The van der Waals surface area contributed by atoms with Gasteiger partial charge in [0.05, 0.1) is 14.2 Å². The van der Waals surface area contributed by atoms with Crippen LogP contribution in [-0.2, 0) is 0 Å². The number of hydrogen-bond acceptors (Lipinski definition) is 4. The lowest BCUT2D eigenvalue weighted by atomic mass is 10.1. The summed E-state index contributed by atoms with van der Waals surface area (Å²) in [6.45, 7) is 2.02. The lowest BCUT2D eigenvalue weighted by Crippen LogP contribution is -1.94. The van der Waals surface area contributed by atoms with Crippen LogP contribution in [0, 0.1) is 6.92 Å². The lowest BCUT2D eigenvalue weighted by Gasteiger charge is -2.09. The summed E-state index contributed by atoms with van der Waals surface area (Å²) in [6, 6.07) is 9.56. The first kappa shape index (κ1) is 12.5. The van der Waals surface area contributed by atoms with Gasteiger partial charge in [-0.25, -0.2) is 9.50 Å². The number of fused-ring (bicyclic) bond motifs is 1. The number of benzene rings is 1. The standard InChI is InChI=1S/C15H15N3O2/c1-10-7-8-13-16-15(17-18(13)9-10)14-11(19-2)5-4-6-12(14)20-3/h4-9H,1-3H3. The van der Waals surface area contributed by atoms with Gasteiger partial charge in [-0.1, -0.05) is 12.1 Å². The Morgan fingerprint density at radius 1 is 1.00 bits per heavy atom. The predicted molar refractivity (Wildman–Crippen MR) is 76.3 cm³/mol. The fourth-order valence-electron chi connectivity index (χ4n) is 2.16. The van der Waals surface area contributed by atoms with Crippen molar-refractivity contribution < 1.29 is 9.47 Å². The second kappa shape index (κ2) is 4.85. The summed E-state index contributed by atoms with van der Waals surface area (Å²) in [4.78, 5) is 4.53. The summed E-state index contributed by atoms with van der Waals surface area (Å²) in [5.41, 5.74) is 2.68. The first-order chi connectivity index (χ1) is 9.72. The molecule has 0 radical (unpaired) electrons. The minimum absolute atomic E-state index is 0.588. The van der Waals surface area contributed by atoms with Gasteiger partial charge in [-0.3, -0.25) is 0 Å². The molecule has 0 fully saturated rings. The van der Waals surface area contributed by atoms with Crippen molar-refractivity contribution in [3.8, 4) is 22.9 Å². The van der Waals surface area contributed by atoms with E-state index in [2.05, 4.69) is 10.1 Å². The van der Waals surface area contributed by atoms with Crippen LogP contribution in [0.2, 0.25) is 0 Å². The third-order valence-corrected chi connectivity index (χ3v) is 3.13. The average molecular weight is 269 g/mol. The van der Waals surface area contributed by atoms with Crippen LogP contribution in [0.25, 0.3) is 17.0 Å². The van der Waals surface area contributed by atoms with Crippen LogP contribution < -0.4 is 9.47 Å². The molecule has 0 unspecified atom stereocenters. The van der Waals surface area contributed by atoms with Crippen molar-refractivity contribution in [2.75, 3.05) is 14.2 Å². The molecule has 0 aliphatic heterocycles. The van der Waals surface area contributed by atoms with Gasteiger partial charge < -0.3 is 9.47 Å². The highest BCUT2D eigenvalue weighted by Gasteiger charge is 2.17. The molecule has 20 heavy (non-hydrogen) atoms. The van der Waals surface area contributed by atoms with Crippen molar-refractivity contribution in [2.24, 2.45) is 0 Å². The van der Waals surface area contributed by atoms with Gasteiger partial charge in [0.1, 0.15) is 17.1 Å². The zero-order chi connectivity index (χ0) is 14.1. The van der Waals surface area contributed by atoms with Crippen LogP contribution in [0.5, 0.6) is 11.5 Å². The van der Waals surface area contributed by atoms with Gasteiger partial charge >= 0.3 is 0 Å². The smallest absolute Gasteiger partial charge is 0.189 e. The molecule has 3 aromatic rings. The largest absolute Gasteiger partial charge is 0.496 e. The molecule has 2 heterocycles. The second-order valence-corrected chi connectivity index (χ2v) is 4.48. The van der Waals surface area contributed by atoms with Crippen LogP contribution in [0.1, 0.15) is 5.56 Å². The number of nitrogens with zero attached hydrogens (tertiary/aromatic N) is 3. The van der Waals surface area contributed by atoms with Crippen molar-refractivity contribution in [1.29, 1.82) is 0 Å². The molecule has 0 N–H and O–H groups in total. The van der Waals surface area contributed by atoms with Crippen molar-refractivity contribution in [2.45, 2.75) is 6.92 Å². The minimum atomic E-state index is 0.588. The molecule has 3 rings (SSSR count). The van der Waals surface area contributed by atoms with E-state index in [0.717, 1.165) is 16.8 Å². The molecule has 0 saturated heterocycles. The summed E-state index contributed by atoms with van der Waals surface area (Å²) in [5, 5.41) is 4.51. The highest BCUT2D eigenvalue weighted by molar-refractivity contribution is 5.73. The van der Waals surface area contributed by atoms with Crippen molar-refractivity contribution >= 4 is 5.65 Å². The van der Waals surface area contributed by atoms with Crippen LogP contribution >= 0.6 is 0 Å². The summed E-state index contributed by atoms with van der Waals surface area (Å²) in [6.07, 6.45) is 1.94. The van der Waals surface area contributed by atoms with Crippen molar-refractivity contribution in [1.82, 2.24) is 14.6 Å². The highest BCUT2D eigenvalue weighted by atomic mass is 16.5. The fraction of sp³-hybridized carbons (Fsp3) is 0.200.